The van der Waals surface area contributed by atoms with Crippen LogP contribution in [0.2, 0.25) is 0 Å². The lowest BCUT2D eigenvalue weighted by Gasteiger charge is -2.35. The number of aromatic nitrogens is 2. The summed E-state index contributed by atoms with van der Waals surface area (Å²) in [7, 11) is 0. The fraction of sp³-hybridized carbons (Fsp3) is 0.812. The third kappa shape index (κ3) is 3.61. The summed E-state index contributed by atoms with van der Waals surface area (Å²) in [6, 6.07) is 2.20. The Morgan fingerprint density at radius 3 is 2.65 bits per heavy atom. The Morgan fingerprint density at radius 2 is 2.05 bits per heavy atom. The summed E-state index contributed by atoms with van der Waals surface area (Å²) in [5, 5.41) is 17.9. The van der Waals surface area contributed by atoms with Crippen molar-refractivity contribution in [1.82, 2.24) is 15.1 Å². The summed E-state index contributed by atoms with van der Waals surface area (Å²) < 4.78 is 2.08. The van der Waals surface area contributed by atoms with Gasteiger partial charge in [-0.1, -0.05) is 26.2 Å². The molecule has 1 aliphatic rings. The van der Waals surface area contributed by atoms with E-state index in [9.17, 15) is 5.11 Å². The summed E-state index contributed by atoms with van der Waals surface area (Å²) in [5.74, 6) is 0. The van der Waals surface area contributed by atoms with Gasteiger partial charge in [0.05, 0.1) is 11.4 Å². The van der Waals surface area contributed by atoms with E-state index < -0.39 is 0 Å². The van der Waals surface area contributed by atoms with Gasteiger partial charge >= 0.3 is 0 Å². The van der Waals surface area contributed by atoms with Gasteiger partial charge in [-0.2, -0.15) is 5.10 Å². The molecule has 0 aliphatic heterocycles. The number of aliphatic hydroxyl groups excluding tert-OH is 1. The highest BCUT2D eigenvalue weighted by Gasteiger charge is 2.30. The molecule has 4 heteroatoms. The van der Waals surface area contributed by atoms with Gasteiger partial charge in [0.15, 0.2) is 0 Å². The van der Waals surface area contributed by atoms with Crippen LogP contribution >= 0.6 is 0 Å². The molecule has 0 atom stereocenters. The Labute approximate surface area is 122 Å². The van der Waals surface area contributed by atoms with Crippen LogP contribution in [0.15, 0.2) is 6.07 Å². The molecule has 1 aromatic rings. The summed E-state index contributed by atoms with van der Waals surface area (Å²) in [5.41, 5.74) is 2.54. The van der Waals surface area contributed by atoms with E-state index in [4.69, 9.17) is 0 Å². The molecule has 0 unspecified atom stereocenters. The molecular formula is C16H29N3O. The highest BCUT2D eigenvalue weighted by molar-refractivity contribution is 5.10. The van der Waals surface area contributed by atoms with Gasteiger partial charge in [0.25, 0.3) is 0 Å². The van der Waals surface area contributed by atoms with Crippen molar-refractivity contribution in [2.24, 2.45) is 5.41 Å². The standard InChI is InChI=1S/C16H29N3O/c1-3-14-10-15(19(4-2)18-14)11-17-12-16(13-20)8-6-5-7-9-16/h10,17,20H,3-9,11-13H2,1-2H3. The molecule has 0 saturated heterocycles. The zero-order valence-electron chi connectivity index (χ0n) is 13.0. The van der Waals surface area contributed by atoms with Crippen LogP contribution in [0.3, 0.4) is 0 Å². The normalized spacial score (nSPS) is 18.4. The molecule has 2 N–H and O–H groups in total. The van der Waals surface area contributed by atoms with Gasteiger partial charge in [-0.05, 0) is 32.3 Å². The van der Waals surface area contributed by atoms with Crippen LogP contribution in [0.5, 0.6) is 0 Å². The Balaban J connectivity index is 1.89. The lowest BCUT2D eigenvalue weighted by Crippen LogP contribution is -2.39. The molecule has 0 aromatic carbocycles. The summed E-state index contributed by atoms with van der Waals surface area (Å²) in [4.78, 5) is 0. The highest BCUT2D eigenvalue weighted by atomic mass is 16.3. The van der Waals surface area contributed by atoms with E-state index in [0.29, 0.717) is 6.61 Å². The molecule has 0 amide bonds. The van der Waals surface area contributed by atoms with Crippen LogP contribution < -0.4 is 5.32 Å². The van der Waals surface area contributed by atoms with Crippen molar-refractivity contribution < 1.29 is 5.11 Å². The average Bonchev–Trinajstić information content (AvgIpc) is 2.90. The summed E-state index contributed by atoms with van der Waals surface area (Å²) >= 11 is 0. The van der Waals surface area contributed by atoms with Crippen LogP contribution in [0, 0.1) is 5.41 Å². The van der Waals surface area contributed by atoms with E-state index >= 15 is 0 Å². The first-order chi connectivity index (χ1) is 9.73. The SMILES string of the molecule is CCc1cc(CNCC2(CO)CCCCC2)n(CC)n1. The molecule has 1 saturated carbocycles. The van der Waals surface area contributed by atoms with Crippen molar-refractivity contribution in [2.45, 2.75) is 65.5 Å². The number of nitrogens with one attached hydrogen (secondary N) is 1. The van der Waals surface area contributed by atoms with Crippen LogP contribution in [-0.4, -0.2) is 28.0 Å². The fourth-order valence-corrected chi connectivity index (χ4v) is 3.25. The largest absolute Gasteiger partial charge is 0.396 e. The van der Waals surface area contributed by atoms with E-state index in [-0.39, 0.29) is 5.41 Å². The molecule has 1 aromatic heterocycles. The van der Waals surface area contributed by atoms with E-state index in [0.717, 1.165) is 44.6 Å². The van der Waals surface area contributed by atoms with Crippen molar-refractivity contribution >= 4 is 0 Å². The van der Waals surface area contributed by atoms with Gasteiger partial charge in [0, 0.05) is 31.7 Å². The maximum Gasteiger partial charge on any atom is 0.0625 e. The molecule has 1 aliphatic carbocycles. The van der Waals surface area contributed by atoms with Crippen LogP contribution in [0.25, 0.3) is 0 Å². The van der Waals surface area contributed by atoms with Gasteiger partial charge in [-0.25, -0.2) is 0 Å². The lowest BCUT2D eigenvalue weighted by atomic mass is 9.74. The second-order valence-corrected chi connectivity index (χ2v) is 6.12. The zero-order chi connectivity index (χ0) is 14.4. The van der Waals surface area contributed by atoms with E-state index in [1.165, 1.54) is 25.0 Å². The molecule has 4 nitrogen and oxygen atoms in total. The van der Waals surface area contributed by atoms with Gasteiger partial charge in [0.2, 0.25) is 0 Å². The van der Waals surface area contributed by atoms with Crippen LogP contribution in [0.4, 0.5) is 0 Å². The second kappa shape index (κ2) is 7.23. The number of rotatable bonds is 7. The molecule has 1 fully saturated rings. The van der Waals surface area contributed by atoms with Gasteiger partial charge in [-0.3, -0.25) is 4.68 Å². The first-order valence-electron chi connectivity index (χ1n) is 8.10. The maximum absolute atomic E-state index is 9.72. The Morgan fingerprint density at radius 1 is 1.30 bits per heavy atom. The Hall–Kier alpha value is -0.870. The lowest BCUT2D eigenvalue weighted by molar-refractivity contribution is 0.0809. The molecule has 0 bridgehead atoms. The monoisotopic (exact) mass is 279 g/mol. The molecule has 114 valence electrons. The number of aryl methyl sites for hydroxylation is 2. The Kier molecular flexibility index (Phi) is 5.61. The third-order valence-electron chi connectivity index (χ3n) is 4.63. The predicted octanol–water partition coefficient (Wildman–Crippen LogP) is 2.50. The molecule has 20 heavy (non-hydrogen) atoms. The minimum Gasteiger partial charge on any atom is -0.396 e. The summed E-state index contributed by atoms with van der Waals surface area (Å²) in [6.07, 6.45) is 7.14. The first-order valence-corrected chi connectivity index (χ1v) is 8.10. The quantitative estimate of drug-likeness (QED) is 0.806. The zero-order valence-corrected chi connectivity index (χ0v) is 13.0. The minimum absolute atomic E-state index is 0.114. The van der Waals surface area contributed by atoms with Gasteiger partial charge in [-0.15, -0.1) is 0 Å². The molecule has 2 rings (SSSR count). The molecule has 0 spiro atoms. The topological polar surface area (TPSA) is 50.1 Å². The number of hydrogen-bond acceptors (Lipinski definition) is 3. The highest BCUT2D eigenvalue weighted by Crippen LogP contribution is 2.35. The van der Waals surface area contributed by atoms with Crippen molar-refractivity contribution in [3.05, 3.63) is 17.5 Å². The maximum atomic E-state index is 9.72. The Bertz CT molecular complexity index is 408. The van der Waals surface area contributed by atoms with Crippen LogP contribution in [-0.2, 0) is 19.5 Å². The average molecular weight is 279 g/mol. The van der Waals surface area contributed by atoms with E-state index in [1.807, 2.05) is 0 Å². The smallest absolute Gasteiger partial charge is 0.0625 e. The predicted molar refractivity (Wildman–Crippen MR) is 81.6 cm³/mol. The van der Waals surface area contributed by atoms with Crippen molar-refractivity contribution in [3.8, 4) is 0 Å². The summed E-state index contributed by atoms with van der Waals surface area (Å²) in [6.45, 7) is 7.27. The molecule has 1 heterocycles. The minimum atomic E-state index is 0.114. The fourth-order valence-electron chi connectivity index (χ4n) is 3.25. The molecular weight excluding hydrogens is 250 g/mol. The number of nitrogens with zero attached hydrogens (tertiary/aromatic N) is 2. The van der Waals surface area contributed by atoms with Gasteiger partial charge < -0.3 is 10.4 Å². The third-order valence-corrected chi connectivity index (χ3v) is 4.63. The first kappa shape index (κ1) is 15.5. The van der Waals surface area contributed by atoms with Crippen LogP contribution in [0.1, 0.15) is 57.3 Å². The number of hydrogen-bond donors (Lipinski definition) is 2. The molecule has 0 radical (unpaired) electrons. The number of aliphatic hydroxyl groups is 1. The van der Waals surface area contributed by atoms with Crippen molar-refractivity contribution in [3.63, 3.8) is 0 Å². The van der Waals surface area contributed by atoms with Crippen molar-refractivity contribution in [1.29, 1.82) is 0 Å². The van der Waals surface area contributed by atoms with Gasteiger partial charge in [0.1, 0.15) is 0 Å². The van der Waals surface area contributed by atoms with E-state index in [2.05, 4.69) is 35.0 Å². The van der Waals surface area contributed by atoms with Crippen molar-refractivity contribution in [2.75, 3.05) is 13.2 Å². The van der Waals surface area contributed by atoms with E-state index in [1.54, 1.807) is 0 Å². The second-order valence-electron chi connectivity index (χ2n) is 6.12.